The summed E-state index contributed by atoms with van der Waals surface area (Å²) in [6, 6.07) is 33.1. The van der Waals surface area contributed by atoms with Crippen LogP contribution in [0.25, 0.3) is 0 Å². The lowest BCUT2D eigenvalue weighted by molar-refractivity contribution is 1.14. The van der Waals surface area contributed by atoms with Crippen LogP contribution in [-0.2, 0) is 0 Å². The zero-order valence-corrected chi connectivity index (χ0v) is 21.5. The number of rotatable bonds is 6. The van der Waals surface area contributed by atoms with Gasteiger partial charge in [-0.05, 0) is 0 Å². The van der Waals surface area contributed by atoms with Crippen LogP contribution in [0.5, 0.6) is 0 Å². The van der Waals surface area contributed by atoms with E-state index in [2.05, 4.69) is 130 Å². The molecule has 0 amide bonds. The van der Waals surface area contributed by atoms with Crippen molar-refractivity contribution in [1.29, 1.82) is 0 Å². The van der Waals surface area contributed by atoms with E-state index in [0.717, 1.165) is 0 Å². The summed E-state index contributed by atoms with van der Waals surface area (Å²) in [5, 5.41) is 4.56. The SMILES string of the molecule is C[Si](C)(C)C(N=P(c1ccccc1)(c1ccccc1)c1ccccc1)[Si](C)(C)C. The minimum atomic E-state index is -2.11. The van der Waals surface area contributed by atoms with Gasteiger partial charge in [-0.15, -0.1) is 0 Å². The van der Waals surface area contributed by atoms with E-state index >= 15 is 0 Å². The Morgan fingerprint density at radius 1 is 0.517 bits per heavy atom. The molecular formula is C25H34NPSi2. The minimum Gasteiger partial charge on any atom is -0.293 e. The number of hydrogen-bond acceptors (Lipinski definition) is 1. The molecule has 3 aromatic rings. The highest BCUT2D eigenvalue weighted by atomic mass is 31.2. The van der Waals surface area contributed by atoms with E-state index in [1.165, 1.54) is 15.9 Å². The molecule has 3 aromatic carbocycles. The average Bonchev–Trinajstić information content (AvgIpc) is 2.69. The maximum absolute atomic E-state index is 6.00. The first-order valence-electron chi connectivity index (χ1n) is 10.4. The van der Waals surface area contributed by atoms with Crippen molar-refractivity contribution in [2.24, 2.45) is 4.74 Å². The lowest BCUT2D eigenvalue weighted by Crippen LogP contribution is -2.53. The molecule has 0 spiro atoms. The van der Waals surface area contributed by atoms with Gasteiger partial charge in [0.15, 0.2) is 0 Å². The van der Waals surface area contributed by atoms with Crippen LogP contribution in [0.2, 0.25) is 39.3 Å². The van der Waals surface area contributed by atoms with E-state index in [-0.39, 0.29) is 0 Å². The van der Waals surface area contributed by atoms with Crippen molar-refractivity contribution in [1.82, 2.24) is 0 Å². The molecule has 152 valence electrons. The summed E-state index contributed by atoms with van der Waals surface area (Å²) in [4.78, 5) is 0. The Hall–Kier alpha value is -1.68. The second-order valence-electron chi connectivity index (χ2n) is 9.89. The number of benzene rings is 3. The summed E-state index contributed by atoms with van der Waals surface area (Å²) in [6.07, 6.45) is 0. The Labute approximate surface area is 179 Å². The summed E-state index contributed by atoms with van der Waals surface area (Å²) in [6.45, 7) is 15.0. The monoisotopic (exact) mass is 435 g/mol. The summed E-state index contributed by atoms with van der Waals surface area (Å²) in [7, 11) is -5.12. The largest absolute Gasteiger partial charge is 0.293 e. The van der Waals surface area contributed by atoms with Crippen molar-refractivity contribution in [2.45, 2.75) is 44.6 Å². The van der Waals surface area contributed by atoms with Gasteiger partial charge in [-0.1, -0.05) is 130 Å². The van der Waals surface area contributed by atoms with Gasteiger partial charge in [-0.2, -0.15) is 0 Å². The van der Waals surface area contributed by atoms with Gasteiger partial charge in [-0.3, -0.25) is 4.74 Å². The normalized spacial score (nSPS) is 12.8. The van der Waals surface area contributed by atoms with E-state index in [4.69, 9.17) is 4.74 Å². The van der Waals surface area contributed by atoms with Crippen LogP contribution in [0.1, 0.15) is 0 Å². The Bertz CT molecular complexity index is 855. The molecule has 1 nitrogen and oxygen atoms in total. The Morgan fingerprint density at radius 3 is 1.03 bits per heavy atom. The third-order valence-corrected chi connectivity index (χ3v) is 18.2. The first kappa shape index (κ1) is 22.0. The Morgan fingerprint density at radius 2 is 0.793 bits per heavy atom. The third kappa shape index (κ3) is 4.74. The van der Waals surface area contributed by atoms with Gasteiger partial charge in [0.05, 0.1) is 23.2 Å². The molecule has 4 heteroatoms. The van der Waals surface area contributed by atoms with Crippen LogP contribution < -0.4 is 15.9 Å². The van der Waals surface area contributed by atoms with Crippen LogP contribution in [0.15, 0.2) is 95.7 Å². The van der Waals surface area contributed by atoms with Crippen LogP contribution in [0.3, 0.4) is 0 Å². The Balaban J connectivity index is 2.49. The molecule has 0 saturated carbocycles. The highest BCUT2D eigenvalue weighted by Gasteiger charge is 2.40. The van der Waals surface area contributed by atoms with Crippen LogP contribution >= 0.6 is 7.05 Å². The lowest BCUT2D eigenvalue weighted by Gasteiger charge is -2.39. The average molecular weight is 436 g/mol. The van der Waals surface area contributed by atoms with Crippen molar-refractivity contribution >= 4 is 39.1 Å². The second kappa shape index (κ2) is 8.59. The fraction of sp³-hybridized carbons (Fsp3) is 0.280. The Kier molecular flexibility index (Phi) is 6.52. The van der Waals surface area contributed by atoms with Crippen LogP contribution in [0.4, 0.5) is 0 Å². The second-order valence-corrected chi connectivity index (χ2v) is 24.1. The molecule has 0 aliphatic rings. The number of nitrogens with zero attached hydrogens (tertiary/aromatic N) is 1. The van der Waals surface area contributed by atoms with Crippen molar-refractivity contribution in [2.75, 3.05) is 0 Å². The summed E-state index contributed by atoms with van der Waals surface area (Å²) in [5.41, 5.74) is 0. The standard InChI is InChI=1S/C25H34NPSi2/c1-28(2,3)25(29(4,5)6)26-27(22-16-10-7-11-17-22,23-18-12-8-13-19-23)24-20-14-9-15-21-24/h7-21,25H,1-6H3. The van der Waals surface area contributed by atoms with Crippen LogP contribution in [0, 0.1) is 0 Å². The maximum atomic E-state index is 6.00. The molecule has 0 fully saturated rings. The van der Waals surface area contributed by atoms with Crippen LogP contribution in [-0.4, -0.2) is 21.4 Å². The predicted molar refractivity (Wildman–Crippen MR) is 138 cm³/mol. The smallest absolute Gasteiger partial charge is 0.0692 e. The topological polar surface area (TPSA) is 12.4 Å². The van der Waals surface area contributed by atoms with Crippen molar-refractivity contribution in [3.63, 3.8) is 0 Å². The summed E-state index contributed by atoms with van der Waals surface area (Å²) in [5.74, 6) is 0. The highest BCUT2D eigenvalue weighted by Crippen LogP contribution is 2.48. The molecule has 0 aliphatic heterocycles. The first-order valence-corrected chi connectivity index (χ1v) is 19.3. The maximum Gasteiger partial charge on any atom is 0.0692 e. The van der Waals surface area contributed by atoms with Gasteiger partial charge in [0.25, 0.3) is 0 Å². The van der Waals surface area contributed by atoms with Gasteiger partial charge in [0, 0.05) is 21.2 Å². The molecule has 0 unspecified atom stereocenters. The van der Waals surface area contributed by atoms with E-state index in [9.17, 15) is 0 Å². The number of hydrogen-bond donors (Lipinski definition) is 0. The van der Waals surface area contributed by atoms with E-state index < -0.39 is 23.2 Å². The zero-order valence-electron chi connectivity index (χ0n) is 18.6. The third-order valence-electron chi connectivity index (χ3n) is 5.32. The van der Waals surface area contributed by atoms with E-state index in [1.807, 2.05) is 0 Å². The summed E-state index contributed by atoms with van der Waals surface area (Å²) < 4.78 is 6.00. The molecule has 0 heterocycles. The molecule has 0 bridgehead atoms. The molecule has 0 saturated heterocycles. The summed E-state index contributed by atoms with van der Waals surface area (Å²) >= 11 is 0. The molecule has 0 N–H and O–H groups in total. The molecule has 0 atom stereocenters. The van der Waals surface area contributed by atoms with E-state index in [0.29, 0.717) is 5.29 Å². The van der Waals surface area contributed by atoms with Gasteiger partial charge in [-0.25, -0.2) is 0 Å². The molecule has 3 rings (SSSR count). The van der Waals surface area contributed by atoms with Gasteiger partial charge in [0.1, 0.15) is 0 Å². The zero-order chi connectivity index (χ0) is 21.1. The molecule has 0 aromatic heterocycles. The van der Waals surface area contributed by atoms with E-state index in [1.54, 1.807) is 0 Å². The highest BCUT2D eigenvalue weighted by molar-refractivity contribution is 7.87. The van der Waals surface area contributed by atoms with Crippen molar-refractivity contribution in [3.05, 3.63) is 91.0 Å². The lowest BCUT2D eigenvalue weighted by atomic mass is 10.4. The fourth-order valence-corrected chi connectivity index (χ4v) is 22.1. The quantitative estimate of drug-likeness (QED) is 0.319. The van der Waals surface area contributed by atoms with Gasteiger partial charge in [0.2, 0.25) is 0 Å². The molecule has 29 heavy (non-hydrogen) atoms. The minimum absolute atomic E-state index is 0.476. The molecular weight excluding hydrogens is 401 g/mol. The van der Waals surface area contributed by atoms with Gasteiger partial charge >= 0.3 is 0 Å². The van der Waals surface area contributed by atoms with Crippen molar-refractivity contribution in [3.8, 4) is 0 Å². The molecule has 0 aliphatic carbocycles. The predicted octanol–water partition coefficient (Wildman–Crippen LogP) is 6.29. The van der Waals surface area contributed by atoms with Crippen molar-refractivity contribution < 1.29 is 0 Å². The first-order chi connectivity index (χ1) is 13.7. The van der Waals surface area contributed by atoms with Gasteiger partial charge < -0.3 is 0 Å². The molecule has 0 radical (unpaired) electrons. The fourth-order valence-electron chi connectivity index (χ4n) is 4.40.